The van der Waals surface area contributed by atoms with Crippen LogP contribution in [0, 0.1) is 5.92 Å². The standard InChI is InChI=1S/C9H19ClN2O/c1-8(2)7-12(9(10)13)6-5-11(3)4/h8H,5-7H2,1-4H3. The molecular weight excluding hydrogens is 188 g/mol. The average Bonchev–Trinajstić information content (AvgIpc) is 1.96. The summed E-state index contributed by atoms with van der Waals surface area (Å²) in [5, 5.41) is -0.351. The van der Waals surface area contributed by atoms with Crippen molar-refractivity contribution in [2.24, 2.45) is 5.92 Å². The van der Waals surface area contributed by atoms with Gasteiger partial charge < -0.3 is 9.80 Å². The summed E-state index contributed by atoms with van der Waals surface area (Å²) >= 11 is 5.44. The van der Waals surface area contributed by atoms with Gasteiger partial charge in [-0.2, -0.15) is 0 Å². The van der Waals surface area contributed by atoms with Crippen molar-refractivity contribution < 1.29 is 4.79 Å². The quantitative estimate of drug-likeness (QED) is 0.507. The molecule has 0 fully saturated rings. The number of nitrogens with zero attached hydrogens (tertiary/aromatic N) is 2. The van der Waals surface area contributed by atoms with E-state index in [0.29, 0.717) is 12.5 Å². The van der Waals surface area contributed by atoms with E-state index in [1.54, 1.807) is 4.90 Å². The van der Waals surface area contributed by atoms with Crippen LogP contribution in [0.3, 0.4) is 0 Å². The monoisotopic (exact) mass is 206 g/mol. The molecule has 4 heteroatoms. The Morgan fingerprint density at radius 2 is 1.85 bits per heavy atom. The largest absolute Gasteiger partial charge is 0.328 e. The van der Waals surface area contributed by atoms with Gasteiger partial charge in [0.25, 0.3) is 0 Å². The molecule has 0 unspecified atom stereocenters. The predicted octanol–water partition coefficient (Wildman–Crippen LogP) is 1.86. The van der Waals surface area contributed by atoms with Crippen molar-refractivity contribution in [3.63, 3.8) is 0 Å². The molecule has 0 aromatic rings. The summed E-state index contributed by atoms with van der Waals surface area (Å²) in [4.78, 5) is 14.7. The summed E-state index contributed by atoms with van der Waals surface area (Å²) in [7, 11) is 3.96. The van der Waals surface area contributed by atoms with Crippen LogP contribution in [0.15, 0.2) is 0 Å². The van der Waals surface area contributed by atoms with Gasteiger partial charge in [-0.3, -0.25) is 4.79 Å². The topological polar surface area (TPSA) is 23.6 Å². The Morgan fingerprint density at radius 1 is 1.31 bits per heavy atom. The summed E-state index contributed by atoms with van der Waals surface area (Å²) in [5.74, 6) is 0.463. The lowest BCUT2D eigenvalue weighted by molar-refractivity contribution is 0.207. The highest BCUT2D eigenvalue weighted by Crippen LogP contribution is 2.02. The second kappa shape index (κ2) is 6.22. The van der Waals surface area contributed by atoms with Crippen LogP contribution in [-0.2, 0) is 0 Å². The molecule has 13 heavy (non-hydrogen) atoms. The third kappa shape index (κ3) is 6.84. The molecule has 0 spiro atoms. The number of amides is 1. The van der Waals surface area contributed by atoms with Crippen LogP contribution >= 0.6 is 11.6 Å². The van der Waals surface area contributed by atoms with Crippen LogP contribution in [-0.4, -0.2) is 48.9 Å². The van der Waals surface area contributed by atoms with Gasteiger partial charge in [0.2, 0.25) is 0 Å². The fourth-order valence-corrected chi connectivity index (χ4v) is 1.17. The van der Waals surface area contributed by atoms with Gasteiger partial charge in [0.1, 0.15) is 0 Å². The zero-order chi connectivity index (χ0) is 10.4. The Bertz CT molecular complexity index is 160. The molecule has 0 aromatic heterocycles. The van der Waals surface area contributed by atoms with Crippen molar-refractivity contribution in [2.45, 2.75) is 13.8 Å². The number of rotatable bonds is 5. The maximum Gasteiger partial charge on any atom is 0.316 e. The molecule has 0 aliphatic rings. The first-order chi connectivity index (χ1) is 5.93. The van der Waals surface area contributed by atoms with E-state index in [4.69, 9.17) is 11.6 Å². The molecule has 0 aliphatic heterocycles. The number of carbonyl (C=O) groups is 1. The van der Waals surface area contributed by atoms with Gasteiger partial charge in [0.05, 0.1) is 0 Å². The average molecular weight is 207 g/mol. The lowest BCUT2D eigenvalue weighted by Gasteiger charge is -2.23. The second-order valence-corrected chi connectivity index (χ2v) is 4.22. The number of hydrogen-bond donors (Lipinski definition) is 0. The maximum absolute atomic E-state index is 11.0. The molecule has 0 aromatic carbocycles. The Balaban J connectivity index is 3.88. The fourth-order valence-electron chi connectivity index (χ4n) is 1.01. The lowest BCUT2D eigenvalue weighted by Crippen LogP contribution is -2.35. The molecule has 3 nitrogen and oxygen atoms in total. The van der Waals surface area contributed by atoms with Crippen molar-refractivity contribution in [1.82, 2.24) is 9.80 Å². The molecular formula is C9H19ClN2O. The molecule has 0 saturated heterocycles. The minimum atomic E-state index is -0.351. The van der Waals surface area contributed by atoms with Crippen LogP contribution in [0.25, 0.3) is 0 Å². The van der Waals surface area contributed by atoms with Crippen LogP contribution in [0.4, 0.5) is 4.79 Å². The highest BCUT2D eigenvalue weighted by molar-refractivity contribution is 6.62. The van der Waals surface area contributed by atoms with Gasteiger partial charge in [-0.25, -0.2) is 0 Å². The Kier molecular flexibility index (Phi) is 6.08. The van der Waals surface area contributed by atoms with E-state index in [1.807, 2.05) is 19.0 Å². The SMILES string of the molecule is CC(C)CN(CCN(C)C)C(=O)Cl. The zero-order valence-electron chi connectivity index (χ0n) is 8.88. The lowest BCUT2D eigenvalue weighted by atomic mass is 10.2. The van der Waals surface area contributed by atoms with Crippen molar-refractivity contribution >= 4 is 17.0 Å². The summed E-state index contributed by atoms with van der Waals surface area (Å²) in [5.41, 5.74) is 0. The number of halogens is 1. The first kappa shape index (κ1) is 12.7. The molecule has 0 aliphatic carbocycles. The normalized spacial score (nSPS) is 11.0. The Labute approximate surface area is 85.6 Å². The molecule has 1 amide bonds. The van der Waals surface area contributed by atoms with E-state index < -0.39 is 0 Å². The predicted molar refractivity (Wildman–Crippen MR) is 56.2 cm³/mol. The Morgan fingerprint density at radius 3 is 2.15 bits per heavy atom. The van der Waals surface area contributed by atoms with Crippen LogP contribution in [0.5, 0.6) is 0 Å². The number of likely N-dealkylation sites (N-methyl/N-ethyl adjacent to an activating group) is 1. The summed E-state index contributed by atoms with van der Waals surface area (Å²) < 4.78 is 0. The van der Waals surface area contributed by atoms with E-state index >= 15 is 0 Å². The van der Waals surface area contributed by atoms with Crippen LogP contribution < -0.4 is 0 Å². The van der Waals surface area contributed by atoms with Crippen LogP contribution in [0.1, 0.15) is 13.8 Å². The summed E-state index contributed by atoms with van der Waals surface area (Å²) in [6.07, 6.45) is 0. The highest BCUT2D eigenvalue weighted by atomic mass is 35.5. The molecule has 78 valence electrons. The first-order valence-corrected chi connectivity index (χ1v) is 4.90. The van der Waals surface area contributed by atoms with E-state index in [2.05, 4.69) is 13.8 Å². The minimum Gasteiger partial charge on any atom is -0.328 e. The van der Waals surface area contributed by atoms with Gasteiger partial charge in [0.15, 0.2) is 0 Å². The molecule has 0 heterocycles. The molecule has 0 rings (SSSR count). The van der Waals surface area contributed by atoms with Crippen LogP contribution in [0.2, 0.25) is 0 Å². The highest BCUT2D eigenvalue weighted by Gasteiger charge is 2.11. The third-order valence-corrected chi connectivity index (χ3v) is 1.89. The maximum atomic E-state index is 11.0. The van der Waals surface area contributed by atoms with Gasteiger partial charge in [-0.05, 0) is 31.6 Å². The number of hydrogen-bond acceptors (Lipinski definition) is 2. The summed E-state index contributed by atoms with van der Waals surface area (Å²) in [6, 6.07) is 0. The fraction of sp³-hybridized carbons (Fsp3) is 0.889. The van der Waals surface area contributed by atoms with Crippen molar-refractivity contribution in [2.75, 3.05) is 33.7 Å². The zero-order valence-corrected chi connectivity index (χ0v) is 9.64. The van der Waals surface area contributed by atoms with Gasteiger partial charge >= 0.3 is 5.37 Å². The van der Waals surface area contributed by atoms with Crippen molar-refractivity contribution in [3.05, 3.63) is 0 Å². The van der Waals surface area contributed by atoms with Gasteiger partial charge in [-0.15, -0.1) is 0 Å². The third-order valence-electron chi connectivity index (χ3n) is 1.65. The van der Waals surface area contributed by atoms with E-state index in [1.165, 1.54) is 0 Å². The molecule has 0 N–H and O–H groups in total. The Hall–Kier alpha value is -0.280. The van der Waals surface area contributed by atoms with Crippen molar-refractivity contribution in [1.29, 1.82) is 0 Å². The van der Waals surface area contributed by atoms with E-state index in [-0.39, 0.29) is 5.37 Å². The molecule has 0 atom stereocenters. The summed E-state index contributed by atoms with van der Waals surface area (Å²) in [6.45, 7) is 6.43. The van der Waals surface area contributed by atoms with E-state index in [0.717, 1.165) is 13.1 Å². The first-order valence-electron chi connectivity index (χ1n) is 4.52. The second-order valence-electron chi connectivity index (χ2n) is 3.90. The van der Waals surface area contributed by atoms with E-state index in [9.17, 15) is 4.79 Å². The van der Waals surface area contributed by atoms with Gasteiger partial charge in [-0.1, -0.05) is 13.8 Å². The smallest absolute Gasteiger partial charge is 0.316 e. The minimum absolute atomic E-state index is 0.351. The molecule has 0 bridgehead atoms. The number of carbonyl (C=O) groups excluding carboxylic acids is 1. The molecule has 0 radical (unpaired) electrons. The molecule has 0 saturated carbocycles. The van der Waals surface area contributed by atoms with Crippen molar-refractivity contribution in [3.8, 4) is 0 Å². The van der Waals surface area contributed by atoms with Gasteiger partial charge in [0, 0.05) is 19.6 Å².